The van der Waals surface area contributed by atoms with Crippen molar-refractivity contribution in [2.24, 2.45) is 0 Å². The number of benzene rings is 1. The first-order valence-corrected chi connectivity index (χ1v) is 5.03. The zero-order chi connectivity index (χ0) is 12.3. The van der Waals surface area contributed by atoms with Crippen molar-refractivity contribution in [3.8, 4) is 12.1 Å². The van der Waals surface area contributed by atoms with Crippen LogP contribution in [0, 0.1) is 27.5 Å². The Kier molecular flexibility index (Phi) is 2.91. The molecule has 0 saturated heterocycles. The van der Waals surface area contributed by atoms with Crippen LogP contribution in [0.5, 0.6) is 0 Å². The van der Waals surface area contributed by atoms with E-state index >= 15 is 0 Å². The van der Waals surface area contributed by atoms with Gasteiger partial charge in [0.1, 0.15) is 17.7 Å². The van der Waals surface area contributed by atoms with Gasteiger partial charge in [0.25, 0.3) is 4.84 Å². The number of fused-ring (bicyclic) bond motifs is 1. The monoisotopic (exact) mass is 242 g/mol. The molecule has 0 bridgehead atoms. The molecule has 0 aliphatic rings. The molecule has 1 aromatic heterocycles. The number of oxazole rings is 1. The van der Waals surface area contributed by atoms with Crippen LogP contribution in [0.4, 0.5) is 5.69 Å². The van der Waals surface area contributed by atoms with Gasteiger partial charge in [-0.15, -0.1) is 0 Å². The molecular formula is C11H6N4OS. The Labute approximate surface area is 102 Å². The number of aromatic nitrogens is 1. The summed E-state index contributed by atoms with van der Waals surface area (Å²) in [6.07, 6.45) is 1.34. The van der Waals surface area contributed by atoms with E-state index in [1.807, 2.05) is 0 Å². The summed E-state index contributed by atoms with van der Waals surface area (Å²) >= 11 is 4.86. The maximum absolute atomic E-state index is 8.56. The predicted octanol–water partition coefficient (Wildman–Crippen LogP) is 2.83. The van der Waals surface area contributed by atoms with Crippen molar-refractivity contribution in [2.75, 3.05) is 5.32 Å². The molecule has 17 heavy (non-hydrogen) atoms. The number of anilines is 1. The Bertz CT molecular complexity index is 710. The summed E-state index contributed by atoms with van der Waals surface area (Å²) in [5, 5.41) is 20.0. The van der Waals surface area contributed by atoms with E-state index in [0.29, 0.717) is 16.1 Å². The fraction of sp³-hybridized carbons (Fsp3) is 0. The zero-order valence-corrected chi connectivity index (χ0v) is 9.34. The molecule has 0 atom stereocenters. The summed E-state index contributed by atoms with van der Waals surface area (Å²) in [5.41, 5.74) is 2.12. The molecule has 2 N–H and O–H groups in total. The maximum Gasteiger partial charge on any atom is 0.266 e. The summed E-state index contributed by atoms with van der Waals surface area (Å²) in [6, 6.07) is 8.81. The zero-order valence-electron chi connectivity index (χ0n) is 8.52. The Hall–Kier alpha value is -2.57. The topological polar surface area (TPSA) is 88.5 Å². The molecule has 0 aliphatic carbocycles. The first-order chi connectivity index (χ1) is 8.22. The average Bonchev–Trinajstić information content (AvgIpc) is 2.69. The third kappa shape index (κ3) is 2.33. The fourth-order valence-electron chi connectivity index (χ4n) is 1.28. The van der Waals surface area contributed by atoms with Gasteiger partial charge in [0, 0.05) is 18.0 Å². The van der Waals surface area contributed by atoms with Gasteiger partial charge in [-0.3, -0.25) is 0 Å². The summed E-state index contributed by atoms with van der Waals surface area (Å²) in [4.78, 5) is 3.18. The van der Waals surface area contributed by atoms with Gasteiger partial charge in [-0.05, 0) is 24.4 Å². The quantitative estimate of drug-likeness (QED) is 0.624. The van der Waals surface area contributed by atoms with E-state index in [1.165, 1.54) is 6.20 Å². The molecule has 2 aromatic rings. The van der Waals surface area contributed by atoms with Crippen LogP contribution < -0.4 is 5.32 Å². The molecule has 0 aliphatic heterocycles. The van der Waals surface area contributed by atoms with Crippen molar-refractivity contribution < 1.29 is 4.42 Å². The second-order valence-electron chi connectivity index (χ2n) is 3.15. The normalized spacial score (nSPS) is 9.29. The van der Waals surface area contributed by atoms with E-state index < -0.39 is 0 Å². The molecule has 0 amide bonds. The lowest BCUT2D eigenvalue weighted by atomic mass is 10.3. The third-order valence-corrected chi connectivity index (χ3v) is 2.23. The number of nitriles is 2. The van der Waals surface area contributed by atoms with Gasteiger partial charge >= 0.3 is 0 Å². The summed E-state index contributed by atoms with van der Waals surface area (Å²) in [6.45, 7) is 0. The lowest BCUT2D eigenvalue weighted by Gasteiger charge is -1.98. The average molecular weight is 242 g/mol. The number of nitrogens with one attached hydrogen (secondary N) is 2. The number of aromatic amines is 1. The van der Waals surface area contributed by atoms with Gasteiger partial charge in [0.15, 0.2) is 5.58 Å². The minimum absolute atomic E-state index is 0.0000580. The minimum Gasteiger partial charge on any atom is -0.429 e. The summed E-state index contributed by atoms with van der Waals surface area (Å²) < 4.78 is 5.24. The van der Waals surface area contributed by atoms with Crippen molar-refractivity contribution in [3.63, 3.8) is 0 Å². The highest BCUT2D eigenvalue weighted by Gasteiger charge is 2.00. The first kappa shape index (κ1) is 10.9. The van der Waals surface area contributed by atoms with Gasteiger partial charge < -0.3 is 14.7 Å². The van der Waals surface area contributed by atoms with Crippen LogP contribution >= 0.6 is 12.2 Å². The Balaban J connectivity index is 2.32. The third-order valence-electron chi connectivity index (χ3n) is 2.05. The molecule has 0 saturated carbocycles. The second kappa shape index (κ2) is 4.52. The van der Waals surface area contributed by atoms with Crippen LogP contribution in [0.25, 0.3) is 11.1 Å². The number of rotatable bonds is 2. The first-order valence-electron chi connectivity index (χ1n) is 4.62. The van der Waals surface area contributed by atoms with Gasteiger partial charge in [-0.2, -0.15) is 10.5 Å². The van der Waals surface area contributed by atoms with Crippen molar-refractivity contribution >= 4 is 29.0 Å². The Morgan fingerprint density at radius 1 is 1.41 bits per heavy atom. The van der Waals surface area contributed by atoms with Crippen LogP contribution in [-0.2, 0) is 0 Å². The molecule has 0 fully saturated rings. The molecule has 1 aromatic carbocycles. The van der Waals surface area contributed by atoms with E-state index in [9.17, 15) is 0 Å². The van der Waals surface area contributed by atoms with E-state index in [4.69, 9.17) is 27.2 Å². The molecule has 2 rings (SSSR count). The number of hydrogen-bond acceptors (Lipinski definition) is 5. The molecule has 5 nitrogen and oxygen atoms in total. The second-order valence-corrected chi connectivity index (χ2v) is 3.52. The van der Waals surface area contributed by atoms with Crippen molar-refractivity contribution in [3.05, 3.63) is 34.8 Å². The van der Waals surface area contributed by atoms with Crippen LogP contribution in [-0.4, -0.2) is 4.98 Å². The SMILES string of the molecule is N#CC(C#N)=CNc1ccc2[nH]c(=S)oc2c1. The van der Waals surface area contributed by atoms with E-state index in [1.54, 1.807) is 30.3 Å². The van der Waals surface area contributed by atoms with Crippen molar-refractivity contribution in [2.45, 2.75) is 0 Å². The van der Waals surface area contributed by atoms with E-state index in [-0.39, 0.29) is 5.57 Å². The van der Waals surface area contributed by atoms with Crippen LogP contribution in [0.1, 0.15) is 0 Å². The summed E-state index contributed by atoms with van der Waals surface area (Å²) in [7, 11) is 0. The van der Waals surface area contributed by atoms with E-state index in [2.05, 4.69) is 10.3 Å². The smallest absolute Gasteiger partial charge is 0.266 e. The predicted molar refractivity (Wildman–Crippen MR) is 64.3 cm³/mol. The van der Waals surface area contributed by atoms with Crippen LogP contribution in [0.3, 0.4) is 0 Å². The molecule has 0 unspecified atom stereocenters. The Morgan fingerprint density at radius 3 is 2.88 bits per heavy atom. The number of H-pyrrole nitrogens is 1. The highest BCUT2D eigenvalue weighted by Crippen LogP contribution is 2.18. The Morgan fingerprint density at radius 2 is 2.18 bits per heavy atom. The van der Waals surface area contributed by atoms with Crippen molar-refractivity contribution in [1.29, 1.82) is 10.5 Å². The fourth-order valence-corrected chi connectivity index (χ4v) is 1.48. The molecule has 82 valence electrons. The van der Waals surface area contributed by atoms with Crippen molar-refractivity contribution in [1.82, 2.24) is 4.98 Å². The maximum atomic E-state index is 8.56. The van der Waals surface area contributed by atoms with Crippen LogP contribution in [0.2, 0.25) is 0 Å². The minimum atomic E-state index is 0.0000580. The highest BCUT2D eigenvalue weighted by atomic mass is 32.1. The van der Waals surface area contributed by atoms with Gasteiger partial charge in [-0.25, -0.2) is 0 Å². The molecule has 0 spiro atoms. The highest BCUT2D eigenvalue weighted by molar-refractivity contribution is 7.71. The van der Waals surface area contributed by atoms with Gasteiger partial charge in [-0.1, -0.05) is 0 Å². The molecule has 0 radical (unpaired) electrons. The molecular weight excluding hydrogens is 236 g/mol. The van der Waals surface area contributed by atoms with E-state index in [0.717, 1.165) is 5.52 Å². The lowest BCUT2D eigenvalue weighted by Crippen LogP contribution is -1.89. The van der Waals surface area contributed by atoms with Gasteiger partial charge in [0.05, 0.1) is 5.52 Å². The number of allylic oxidation sites excluding steroid dienone is 1. The summed E-state index contributed by atoms with van der Waals surface area (Å²) in [5.74, 6) is 0. The van der Waals surface area contributed by atoms with Crippen LogP contribution in [0.15, 0.2) is 34.4 Å². The lowest BCUT2D eigenvalue weighted by molar-refractivity contribution is 0.583. The standard InChI is InChI=1S/C11H6N4OS/c12-4-7(5-13)6-14-8-1-2-9-10(3-8)16-11(17)15-9/h1-3,6,14H,(H,15,17). The number of nitrogens with zero attached hydrogens (tertiary/aromatic N) is 2. The molecule has 1 heterocycles. The molecule has 6 heteroatoms. The van der Waals surface area contributed by atoms with Gasteiger partial charge in [0.2, 0.25) is 0 Å². The largest absolute Gasteiger partial charge is 0.429 e. The number of hydrogen-bond donors (Lipinski definition) is 2.